The van der Waals surface area contributed by atoms with E-state index in [0.29, 0.717) is 29.2 Å². The quantitative estimate of drug-likeness (QED) is 0.396. The van der Waals surface area contributed by atoms with Crippen LogP contribution in [0.5, 0.6) is 5.75 Å². The van der Waals surface area contributed by atoms with Crippen molar-refractivity contribution in [1.82, 2.24) is 14.9 Å². The molecule has 7 nitrogen and oxygen atoms in total. The van der Waals surface area contributed by atoms with Crippen LogP contribution in [-0.2, 0) is 13.2 Å². The van der Waals surface area contributed by atoms with E-state index in [2.05, 4.69) is 15.6 Å². The summed E-state index contributed by atoms with van der Waals surface area (Å²) in [6, 6.07) is 12.2. The fourth-order valence-corrected chi connectivity index (χ4v) is 3.78. The van der Waals surface area contributed by atoms with Crippen molar-refractivity contribution in [2.24, 2.45) is 0 Å². The van der Waals surface area contributed by atoms with Gasteiger partial charge in [0.1, 0.15) is 23.9 Å². The number of nitrogens with one attached hydrogen (secondary N) is 1. The van der Waals surface area contributed by atoms with Gasteiger partial charge in [-0.2, -0.15) is 5.10 Å². The number of aryl methyl sites for hydroxylation is 3. The summed E-state index contributed by atoms with van der Waals surface area (Å²) in [6.07, 6.45) is 0. The minimum absolute atomic E-state index is 0.152. The number of carbonyl (C=O) groups excluding carboxylic acids is 1. The lowest BCUT2D eigenvalue weighted by molar-refractivity contribution is 0.101. The van der Waals surface area contributed by atoms with Crippen molar-refractivity contribution in [3.05, 3.63) is 93.4 Å². The first-order valence-corrected chi connectivity index (χ1v) is 11.0. The largest absolute Gasteiger partial charge is 0.488 e. The van der Waals surface area contributed by atoms with Gasteiger partial charge in [0.15, 0.2) is 5.69 Å². The maximum absolute atomic E-state index is 13.6. The second kappa shape index (κ2) is 9.51. The molecule has 0 saturated carbocycles. The van der Waals surface area contributed by atoms with Gasteiger partial charge >= 0.3 is 0 Å². The van der Waals surface area contributed by atoms with Crippen LogP contribution in [-0.4, -0.2) is 20.8 Å². The van der Waals surface area contributed by atoms with E-state index in [1.807, 2.05) is 52.0 Å². The Morgan fingerprint density at radius 1 is 1.12 bits per heavy atom. The zero-order valence-corrected chi connectivity index (χ0v) is 19.9. The van der Waals surface area contributed by atoms with Gasteiger partial charge in [-0.25, -0.2) is 4.39 Å². The molecule has 2 aromatic carbocycles. The summed E-state index contributed by atoms with van der Waals surface area (Å²) in [4.78, 5) is 13.1. The Hall–Kier alpha value is -3.94. The van der Waals surface area contributed by atoms with Gasteiger partial charge in [0.05, 0.1) is 29.2 Å². The second-order valence-corrected chi connectivity index (χ2v) is 8.34. The highest BCUT2D eigenvalue weighted by Crippen LogP contribution is 2.25. The highest BCUT2D eigenvalue weighted by molar-refractivity contribution is 6.04. The lowest BCUT2D eigenvalue weighted by atomic mass is 10.1. The van der Waals surface area contributed by atoms with E-state index in [4.69, 9.17) is 9.26 Å². The summed E-state index contributed by atoms with van der Waals surface area (Å²) < 4.78 is 26.6. The van der Waals surface area contributed by atoms with E-state index in [9.17, 15) is 9.18 Å². The number of hydrogen-bond donors (Lipinski definition) is 1. The molecule has 0 spiro atoms. The third kappa shape index (κ3) is 4.71. The molecule has 0 radical (unpaired) electrons. The molecule has 2 aromatic heterocycles. The maximum Gasteiger partial charge on any atom is 0.278 e. The van der Waals surface area contributed by atoms with Crippen molar-refractivity contribution in [3.63, 3.8) is 0 Å². The molecule has 8 heteroatoms. The average Bonchev–Trinajstić information content (AvgIpc) is 3.29. The predicted octanol–water partition coefficient (Wildman–Crippen LogP) is 5.43. The van der Waals surface area contributed by atoms with E-state index in [1.54, 1.807) is 17.7 Å². The molecular weight excluding hydrogens is 435 g/mol. The molecule has 0 unspecified atom stereocenters. The topological polar surface area (TPSA) is 82.2 Å². The zero-order chi connectivity index (χ0) is 24.4. The number of rotatable bonds is 7. The van der Waals surface area contributed by atoms with Crippen LogP contribution in [0.2, 0.25) is 0 Å². The predicted molar refractivity (Wildman–Crippen MR) is 127 cm³/mol. The van der Waals surface area contributed by atoms with Crippen molar-refractivity contribution in [2.75, 3.05) is 5.32 Å². The minimum Gasteiger partial charge on any atom is -0.488 e. The molecule has 176 valence electrons. The number of benzene rings is 2. The number of nitrogens with zero attached hydrogens (tertiary/aromatic N) is 3. The van der Waals surface area contributed by atoms with Crippen LogP contribution in [0.25, 0.3) is 0 Å². The molecule has 2 heterocycles. The summed E-state index contributed by atoms with van der Waals surface area (Å²) in [5.74, 6) is 0.556. The second-order valence-electron chi connectivity index (χ2n) is 8.34. The highest BCUT2D eigenvalue weighted by Gasteiger charge is 2.23. The molecule has 4 aromatic rings. The van der Waals surface area contributed by atoms with Crippen LogP contribution >= 0.6 is 0 Å². The standard InChI is InChI=1S/C26H27FN4O3/c1-15-8-6-11-23(16(15)2)33-14-22-19(5)34-30-25(22)26(32)28-24-17(3)29-31(18(24)4)13-20-9-7-10-21(27)12-20/h6-12H,13-14H2,1-5H3,(H,28,32). The lowest BCUT2D eigenvalue weighted by Crippen LogP contribution is -2.16. The maximum atomic E-state index is 13.6. The molecule has 34 heavy (non-hydrogen) atoms. The van der Waals surface area contributed by atoms with Gasteiger partial charge in [0, 0.05) is 0 Å². The van der Waals surface area contributed by atoms with Crippen LogP contribution in [0.3, 0.4) is 0 Å². The Morgan fingerprint density at radius 3 is 2.65 bits per heavy atom. The SMILES string of the molecule is Cc1cccc(OCc2c(C(=O)Nc3c(C)nn(Cc4cccc(F)c4)c3C)noc2C)c1C. The lowest BCUT2D eigenvalue weighted by Gasteiger charge is -2.11. The Bertz CT molecular complexity index is 1360. The van der Waals surface area contributed by atoms with E-state index in [-0.39, 0.29) is 18.1 Å². The van der Waals surface area contributed by atoms with Crippen molar-refractivity contribution in [2.45, 2.75) is 47.8 Å². The van der Waals surface area contributed by atoms with Gasteiger partial charge in [0.2, 0.25) is 0 Å². The Kier molecular flexibility index (Phi) is 6.49. The molecule has 0 atom stereocenters. The van der Waals surface area contributed by atoms with Crippen LogP contribution in [0.1, 0.15) is 49.9 Å². The third-order valence-electron chi connectivity index (χ3n) is 5.97. The van der Waals surface area contributed by atoms with Gasteiger partial charge in [0.25, 0.3) is 5.91 Å². The van der Waals surface area contributed by atoms with Gasteiger partial charge < -0.3 is 14.6 Å². The van der Waals surface area contributed by atoms with Crippen LogP contribution in [0.4, 0.5) is 10.1 Å². The summed E-state index contributed by atoms with van der Waals surface area (Å²) in [5, 5.41) is 11.4. The third-order valence-corrected chi connectivity index (χ3v) is 5.97. The number of carbonyl (C=O) groups is 1. The van der Waals surface area contributed by atoms with Crippen molar-refractivity contribution >= 4 is 11.6 Å². The average molecular weight is 463 g/mol. The molecule has 4 rings (SSSR count). The highest BCUT2D eigenvalue weighted by atomic mass is 19.1. The van der Waals surface area contributed by atoms with Gasteiger partial charge in [-0.05, 0) is 69.5 Å². The van der Waals surface area contributed by atoms with E-state index in [0.717, 1.165) is 28.1 Å². The molecule has 1 amide bonds. The molecule has 0 aliphatic heterocycles. The van der Waals surface area contributed by atoms with Crippen LogP contribution in [0, 0.1) is 40.4 Å². The van der Waals surface area contributed by atoms with E-state index < -0.39 is 5.91 Å². The normalized spacial score (nSPS) is 11.0. The monoisotopic (exact) mass is 462 g/mol. The number of anilines is 1. The van der Waals surface area contributed by atoms with E-state index >= 15 is 0 Å². The first-order chi connectivity index (χ1) is 16.2. The number of aromatic nitrogens is 3. The summed E-state index contributed by atoms with van der Waals surface area (Å²) in [5.41, 5.74) is 5.68. The molecular formula is C26H27FN4O3. The minimum atomic E-state index is -0.409. The number of amides is 1. The number of halogens is 1. The molecule has 0 saturated heterocycles. The summed E-state index contributed by atoms with van der Waals surface area (Å²) >= 11 is 0. The molecule has 0 aliphatic carbocycles. The molecule has 1 N–H and O–H groups in total. The summed E-state index contributed by atoms with van der Waals surface area (Å²) in [6.45, 7) is 9.96. The van der Waals surface area contributed by atoms with Crippen LogP contribution in [0.15, 0.2) is 47.0 Å². The van der Waals surface area contributed by atoms with E-state index in [1.165, 1.54) is 12.1 Å². The van der Waals surface area contributed by atoms with Gasteiger partial charge in [-0.1, -0.05) is 29.4 Å². The number of hydrogen-bond acceptors (Lipinski definition) is 5. The molecule has 0 bridgehead atoms. The zero-order valence-electron chi connectivity index (χ0n) is 19.9. The van der Waals surface area contributed by atoms with Crippen molar-refractivity contribution in [3.8, 4) is 5.75 Å². The molecule has 0 fully saturated rings. The Balaban J connectivity index is 1.52. The van der Waals surface area contributed by atoms with Gasteiger partial charge in [-0.3, -0.25) is 9.48 Å². The van der Waals surface area contributed by atoms with Crippen LogP contribution < -0.4 is 10.1 Å². The Morgan fingerprint density at radius 2 is 1.88 bits per heavy atom. The van der Waals surface area contributed by atoms with Gasteiger partial charge in [-0.15, -0.1) is 0 Å². The smallest absolute Gasteiger partial charge is 0.278 e. The molecule has 0 aliphatic rings. The fourth-order valence-electron chi connectivity index (χ4n) is 3.78. The summed E-state index contributed by atoms with van der Waals surface area (Å²) in [7, 11) is 0. The fraction of sp³-hybridized carbons (Fsp3) is 0.269. The first kappa shape index (κ1) is 23.2. The Labute approximate surface area is 197 Å². The van der Waals surface area contributed by atoms with Crippen molar-refractivity contribution < 1.29 is 18.4 Å². The van der Waals surface area contributed by atoms with Crippen molar-refractivity contribution in [1.29, 1.82) is 0 Å². The number of ether oxygens (including phenoxy) is 1. The first-order valence-electron chi connectivity index (χ1n) is 11.0.